The van der Waals surface area contributed by atoms with Crippen LogP contribution in [0.3, 0.4) is 0 Å². The van der Waals surface area contributed by atoms with Gasteiger partial charge in [0.1, 0.15) is 17.3 Å². The van der Waals surface area contributed by atoms with Crippen LogP contribution in [0.15, 0.2) is 30.3 Å². The molecule has 2 aromatic rings. The maximum Gasteiger partial charge on any atom is 0.260 e. The first-order chi connectivity index (χ1) is 14.8. The summed E-state index contributed by atoms with van der Waals surface area (Å²) in [5, 5.41) is 26.1. The van der Waals surface area contributed by atoms with Crippen LogP contribution in [0, 0.1) is 10.8 Å². The zero-order valence-electron chi connectivity index (χ0n) is 18.3. The molecule has 1 amide bonds. The number of benzene rings is 1. The number of methoxy groups -OCH3 is 1. The van der Waals surface area contributed by atoms with Gasteiger partial charge in [-0.2, -0.15) is 0 Å². The molecule has 0 spiro atoms. The lowest BCUT2D eigenvalue weighted by Gasteiger charge is -2.26. The Balaban J connectivity index is 1.95. The van der Waals surface area contributed by atoms with Crippen LogP contribution in [0.2, 0.25) is 0 Å². The largest absolute Gasteiger partial charge is 0.497 e. The highest BCUT2D eigenvalue weighted by Crippen LogP contribution is 2.33. The Bertz CT molecular complexity index is 1000. The van der Waals surface area contributed by atoms with Crippen molar-refractivity contribution in [3.63, 3.8) is 0 Å². The molecule has 0 aliphatic carbocycles. The van der Waals surface area contributed by atoms with Crippen molar-refractivity contribution in [3.05, 3.63) is 52.7 Å². The minimum Gasteiger partial charge on any atom is -0.497 e. The van der Waals surface area contributed by atoms with Crippen molar-refractivity contribution in [2.45, 2.75) is 52.3 Å². The Kier molecular flexibility index (Phi) is 6.70. The van der Waals surface area contributed by atoms with Crippen LogP contribution in [-0.2, 0) is 13.0 Å². The number of fused-ring (bicyclic) bond motifs is 1. The fraction of sp³-hybridized carbons (Fsp3) is 0.391. The van der Waals surface area contributed by atoms with Gasteiger partial charge >= 0.3 is 0 Å². The molecule has 2 heterocycles. The zero-order chi connectivity index (χ0) is 22.7. The van der Waals surface area contributed by atoms with E-state index >= 15 is 0 Å². The maximum absolute atomic E-state index is 13.2. The summed E-state index contributed by atoms with van der Waals surface area (Å²) >= 11 is 0. The Labute approximate surface area is 182 Å². The summed E-state index contributed by atoms with van der Waals surface area (Å²) in [6.07, 6.45) is 1.79. The monoisotopic (exact) mass is 423 g/mol. The summed E-state index contributed by atoms with van der Waals surface area (Å²) in [7, 11) is 1.55. The van der Waals surface area contributed by atoms with Crippen LogP contribution in [0.5, 0.6) is 5.75 Å². The Morgan fingerprint density at radius 1 is 1.39 bits per heavy atom. The fourth-order valence-corrected chi connectivity index (χ4v) is 3.71. The number of amidine groups is 1. The van der Waals surface area contributed by atoms with Crippen molar-refractivity contribution in [2.24, 2.45) is 0 Å². The zero-order valence-corrected chi connectivity index (χ0v) is 18.3. The van der Waals surface area contributed by atoms with E-state index in [0.717, 1.165) is 23.9 Å². The van der Waals surface area contributed by atoms with E-state index in [2.05, 4.69) is 4.98 Å². The van der Waals surface area contributed by atoms with Gasteiger partial charge in [-0.25, -0.2) is 4.98 Å². The van der Waals surface area contributed by atoms with Crippen LogP contribution in [0.1, 0.15) is 54.4 Å². The van der Waals surface area contributed by atoms with Crippen molar-refractivity contribution in [1.29, 1.82) is 10.8 Å². The lowest BCUT2D eigenvalue weighted by atomic mass is 9.98. The number of aromatic nitrogens is 1. The lowest BCUT2D eigenvalue weighted by Crippen LogP contribution is -2.37. The van der Waals surface area contributed by atoms with Gasteiger partial charge in [-0.3, -0.25) is 20.5 Å². The third-order valence-corrected chi connectivity index (χ3v) is 5.58. The molecule has 1 aliphatic heterocycles. The number of amides is 1. The van der Waals surface area contributed by atoms with Gasteiger partial charge in [-0.15, -0.1) is 0 Å². The van der Waals surface area contributed by atoms with E-state index in [9.17, 15) is 9.90 Å². The molecule has 3 rings (SSSR count). The second kappa shape index (κ2) is 9.26. The van der Waals surface area contributed by atoms with Gasteiger partial charge in [0.05, 0.1) is 26.1 Å². The van der Waals surface area contributed by atoms with Crippen LogP contribution in [-0.4, -0.2) is 52.3 Å². The summed E-state index contributed by atoms with van der Waals surface area (Å²) in [5.41, 5.74) is 2.66. The van der Waals surface area contributed by atoms with E-state index in [1.165, 1.54) is 0 Å². The molecule has 2 atom stereocenters. The van der Waals surface area contributed by atoms with Crippen LogP contribution in [0.25, 0.3) is 0 Å². The maximum atomic E-state index is 13.2. The predicted octanol–water partition coefficient (Wildman–Crippen LogP) is 3.21. The molecule has 1 aromatic carbocycles. The van der Waals surface area contributed by atoms with Gasteiger partial charge in [-0.05, 0) is 62.1 Å². The lowest BCUT2D eigenvalue weighted by molar-refractivity contribution is 0.0995. The minimum absolute atomic E-state index is 0.0105. The third kappa shape index (κ3) is 4.44. The quantitative estimate of drug-likeness (QED) is 0.446. The van der Waals surface area contributed by atoms with Gasteiger partial charge in [0.25, 0.3) is 5.91 Å². The summed E-state index contributed by atoms with van der Waals surface area (Å²) in [5.74, 6) is 0.942. The minimum atomic E-state index is -0.546. The number of carbonyl (C=O) groups excluding carboxylic acids is 1. The average molecular weight is 424 g/mol. The van der Waals surface area contributed by atoms with Crippen molar-refractivity contribution in [2.75, 3.05) is 12.0 Å². The summed E-state index contributed by atoms with van der Waals surface area (Å²) in [6.45, 7) is 5.99. The first kappa shape index (κ1) is 22.4. The number of ether oxygens (including phenoxy) is 1. The number of carbonyl (C=O) groups is 1. The van der Waals surface area contributed by atoms with Gasteiger partial charge in [0, 0.05) is 11.6 Å². The standard InChI is InChI=1S/C23H29N5O3/c1-5-14(2)28(13-24)22(25)20-7-6-8-21(26-20)27-12-19-16(9-15(3)29)10-17(31-4)11-18(19)23(27)30/h6-8,10-11,13-15,24-25,29H,5,9,12H2,1-4H3/t14?,15-/m0/s1. The summed E-state index contributed by atoms with van der Waals surface area (Å²) in [4.78, 5) is 20.9. The number of pyridine rings is 1. The van der Waals surface area contributed by atoms with Crippen molar-refractivity contribution < 1.29 is 14.6 Å². The van der Waals surface area contributed by atoms with Crippen LogP contribution >= 0.6 is 0 Å². The number of anilines is 1. The normalized spacial score (nSPS) is 14.7. The number of nitrogens with one attached hydrogen (secondary N) is 2. The second-order valence-corrected chi connectivity index (χ2v) is 7.78. The Hall–Kier alpha value is -3.26. The molecular weight excluding hydrogens is 394 g/mol. The molecule has 0 bridgehead atoms. The van der Waals surface area contributed by atoms with E-state index in [0.29, 0.717) is 35.8 Å². The number of hydrogen-bond donors (Lipinski definition) is 3. The number of aliphatic hydroxyl groups is 1. The van der Waals surface area contributed by atoms with Gasteiger partial charge in [0.2, 0.25) is 0 Å². The number of nitrogens with zero attached hydrogens (tertiary/aromatic N) is 3. The van der Waals surface area contributed by atoms with Gasteiger partial charge in [0.15, 0.2) is 5.84 Å². The molecule has 1 aromatic heterocycles. The molecule has 31 heavy (non-hydrogen) atoms. The average Bonchev–Trinajstić information content (AvgIpc) is 3.10. The second-order valence-electron chi connectivity index (χ2n) is 7.78. The third-order valence-electron chi connectivity index (χ3n) is 5.58. The summed E-state index contributed by atoms with van der Waals surface area (Å²) < 4.78 is 5.35. The smallest absolute Gasteiger partial charge is 0.260 e. The molecule has 164 valence electrons. The Morgan fingerprint density at radius 2 is 2.13 bits per heavy atom. The highest BCUT2D eigenvalue weighted by Gasteiger charge is 2.32. The van der Waals surface area contributed by atoms with E-state index in [1.54, 1.807) is 48.1 Å². The first-order valence-corrected chi connectivity index (χ1v) is 10.3. The molecular formula is C23H29N5O3. The number of hydrogen-bond acceptors (Lipinski definition) is 6. The molecule has 1 aliphatic rings. The highest BCUT2D eigenvalue weighted by molar-refractivity contribution is 6.10. The van der Waals surface area contributed by atoms with Crippen molar-refractivity contribution in [3.8, 4) is 5.75 Å². The molecule has 0 saturated carbocycles. The summed E-state index contributed by atoms with van der Waals surface area (Å²) in [6, 6.07) is 8.77. The van der Waals surface area contributed by atoms with E-state index in [4.69, 9.17) is 15.6 Å². The van der Waals surface area contributed by atoms with Gasteiger partial charge < -0.3 is 14.7 Å². The predicted molar refractivity (Wildman–Crippen MR) is 120 cm³/mol. The number of rotatable bonds is 8. The topological polar surface area (TPSA) is 114 Å². The van der Waals surface area contributed by atoms with Crippen molar-refractivity contribution >= 4 is 23.9 Å². The van der Waals surface area contributed by atoms with Crippen molar-refractivity contribution in [1.82, 2.24) is 9.88 Å². The first-order valence-electron chi connectivity index (χ1n) is 10.3. The van der Waals surface area contributed by atoms with E-state index in [-0.39, 0.29) is 17.8 Å². The van der Waals surface area contributed by atoms with Gasteiger partial charge in [-0.1, -0.05) is 13.0 Å². The highest BCUT2D eigenvalue weighted by atomic mass is 16.5. The molecule has 0 radical (unpaired) electrons. The van der Waals surface area contributed by atoms with E-state index < -0.39 is 6.10 Å². The fourth-order valence-electron chi connectivity index (χ4n) is 3.71. The van der Waals surface area contributed by atoms with Crippen LogP contribution < -0.4 is 9.64 Å². The van der Waals surface area contributed by atoms with E-state index in [1.807, 2.05) is 19.9 Å². The molecule has 1 unspecified atom stereocenters. The SMILES string of the molecule is CCC(C)N(C=N)C(=N)c1cccc(N2Cc3c(C[C@H](C)O)cc(OC)cc3C2=O)n1. The molecule has 3 N–H and O–H groups in total. The molecule has 0 fully saturated rings. The molecule has 0 saturated heterocycles. The van der Waals surface area contributed by atoms with Crippen LogP contribution in [0.4, 0.5) is 5.82 Å². The Morgan fingerprint density at radius 3 is 2.74 bits per heavy atom. The molecule has 8 nitrogen and oxygen atoms in total. The molecule has 8 heteroatoms. The number of aliphatic hydroxyl groups excluding tert-OH is 1.